The summed E-state index contributed by atoms with van der Waals surface area (Å²) < 4.78 is 23.7. The minimum absolute atomic E-state index is 0.274. The van der Waals surface area contributed by atoms with Gasteiger partial charge in [-0.3, -0.25) is 0 Å². The van der Waals surface area contributed by atoms with Gasteiger partial charge in [0.2, 0.25) is 0 Å². The van der Waals surface area contributed by atoms with Gasteiger partial charge in [0.15, 0.2) is 9.84 Å². The van der Waals surface area contributed by atoms with Crippen LogP contribution in [-0.2, 0) is 9.84 Å². The van der Waals surface area contributed by atoms with E-state index < -0.39 is 9.84 Å². The molecule has 1 N–H and O–H groups in total. The largest absolute Gasteiger partial charge is 0.314 e. The monoisotopic (exact) mass is 231 g/mol. The Balaban J connectivity index is 2.34. The molecule has 0 atom stereocenters. The highest BCUT2D eigenvalue weighted by molar-refractivity contribution is 7.92. The van der Waals surface area contributed by atoms with Crippen molar-refractivity contribution in [2.24, 2.45) is 0 Å². The molecule has 1 aromatic rings. The average Bonchev–Trinajstić information content (AvgIpc) is 2.00. The molecule has 0 aromatic heterocycles. The molecule has 0 aliphatic carbocycles. The fourth-order valence-electron chi connectivity index (χ4n) is 1.30. The molecule has 5 heteroatoms. The summed E-state index contributed by atoms with van der Waals surface area (Å²) in [7, 11) is -3.14. The topological polar surface area (TPSA) is 46.2 Å². The maximum atomic E-state index is 11.8. The molecule has 1 aromatic carbocycles. The molecule has 0 spiro atoms. The Morgan fingerprint density at radius 3 is 2.21 bits per heavy atom. The van der Waals surface area contributed by atoms with Crippen LogP contribution in [0.4, 0.5) is 0 Å². The first-order valence-corrected chi connectivity index (χ1v) is 6.23. The Labute approximate surface area is 88.0 Å². The molecule has 14 heavy (non-hydrogen) atoms. The lowest BCUT2D eigenvalue weighted by Crippen LogP contribution is -2.51. The number of benzene rings is 1. The highest BCUT2D eigenvalue weighted by Gasteiger charge is 2.32. The number of nitrogens with one attached hydrogen (secondary N) is 1. The second kappa shape index (κ2) is 3.53. The van der Waals surface area contributed by atoms with Crippen molar-refractivity contribution in [2.75, 3.05) is 13.1 Å². The van der Waals surface area contributed by atoms with E-state index in [9.17, 15) is 8.42 Å². The van der Waals surface area contributed by atoms with E-state index in [0.29, 0.717) is 23.0 Å². The van der Waals surface area contributed by atoms with Gasteiger partial charge in [0, 0.05) is 18.1 Å². The number of hydrogen-bond donors (Lipinski definition) is 1. The molecule has 1 aliphatic rings. The molecule has 1 fully saturated rings. The molecule has 1 aliphatic heterocycles. The van der Waals surface area contributed by atoms with Crippen LogP contribution in [0.15, 0.2) is 29.2 Å². The normalized spacial score (nSPS) is 17.8. The van der Waals surface area contributed by atoms with Gasteiger partial charge in [-0.2, -0.15) is 0 Å². The fraction of sp³-hybridized carbons (Fsp3) is 0.333. The first-order chi connectivity index (χ1) is 6.60. The Morgan fingerprint density at radius 2 is 1.79 bits per heavy atom. The quantitative estimate of drug-likeness (QED) is 0.829. The molecule has 0 saturated carbocycles. The lowest BCUT2D eigenvalue weighted by molar-refractivity contribution is 0.495. The summed E-state index contributed by atoms with van der Waals surface area (Å²) in [5, 5.41) is 3.22. The summed E-state index contributed by atoms with van der Waals surface area (Å²) in [6, 6.07) is 6.30. The van der Waals surface area contributed by atoms with E-state index in [1.165, 1.54) is 0 Å². The summed E-state index contributed by atoms with van der Waals surface area (Å²) in [5.74, 6) is 0. The van der Waals surface area contributed by atoms with Gasteiger partial charge in [-0.25, -0.2) is 8.42 Å². The summed E-state index contributed by atoms with van der Waals surface area (Å²) in [6.07, 6.45) is 0. The van der Waals surface area contributed by atoms with Crippen LogP contribution in [0.2, 0.25) is 5.02 Å². The van der Waals surface area contributed by atoms with Crippen molar-refractivity contribution in [3.8, 4) is 0 Å². The minimum atomic E-state index is -3.14. The van der Waals surface area contributed by atoms with Crippen molar-refractivity contribution < 1.29 is 8.42 Å². The third kappa shape index (κ3) is 1.65. The summed E-state index contributed by atoms with van der Waals surface area (Å²) in [5.41, 5.74) is 0. The van der Waals surface area contributed by atoms with Crippen LogP contribution in [0.3, 0.4) is 0 Å². The fourth-order valence-corrected chi connectivity index (χ4v) is 3.00. The van der Waals surface area contributed by atoms with Crippen LogP contribution in [-0.4, -0.2) is 26.8 Å². The SMILES string of the molecule is O=S(=O)(c1ccc(Cl)cc1)C1CNC1. The third-order valence-electron chi connectivity index (χ3n) is 2.33. The van der Waals surface area contributed by atoms with E-state index in [-0.39, 0.29) is 5.25 Å². The molecule has 76 valence electrons. The van der Waals surface area contributed by atoms with Gasteiger partial charge < -0.3 is 5.32 Å². The lowest BCUT2D eigenvalue weighted by atomic mass is 10.3. The predicted molar refractivity (Wildman–Crippen MR) is 55.3 cm³/mol. The van der Waals surface area contributed by atoms with Crippen LogP contribution < -0.4 is 5.32 Å². The molecule has 0 amide bonds. The van der Waals surface area contributed by atoms with Crippen LogP contribution >= 0.6 is 11.6 Å². The zero-order valence-corrected chi connectivity index (χ0v) is 8.98. The molecule has 2 rings (SSSR count). The van der Waals surface area contributed by atoms with Gasteiger partial charge in [0.25, 0.3) is 0 Å². The zero-order chi connectivity index (χ0) is 10.2. The smallest absolute Gasteiger partial charge is 0.183 e. The Bertz CT molecular complexity index is 423. The first-order valence-electron chi connectivity index (χ1n) is 4.31. The second-order valence-corrected chi connectivity index (χ2v) is 5.94. The van der Waals surface area contributed by atoms with E-state index in [0.717, 1.165) is 0 Å². The molecule has 0 bridgehead atoms. The van der Waals surface area contributed by atoms with E-state index >= 15 is 0 Å². The predicted octanol–water partition coefficient (Wildman–Crippen LogP) is 1.09. The van der Waals surface area contributed by atoms with Crippen LogP contribution in [0.1, 0.15) is 0 Å². The Kier molecular flexibility index (Phi) is 2.51. The Hall–Kier alpha value is -0.580. The molecular formula is C9H10ClNO2S. The van der Waals surface area contributed by atoms with Gasteiger partial charge in [-0.05, 0) is 24.3 Å². The summed E-state index contributed by atoms with van der Waals surface area (Å²) >= 11 is 5.68. The molecule has 0 radical (unpaired) electrons. The van der Waals surface area contributed by atoms with Crippen LogP contribution in [0, 0.1) is 0 Å². The number of rotatable bonds is 2. The third-order valence-corrected chi connectivity index (χ3v) is 4.72. The van der Waals surface area contributed by atoms with Crippen molar-refractivity contribution in [1.82, 2.24) is 5.32 Å². The van der Waals surface area contributed by atoms with E-state index in [4.69, 9.17) is 11.6 Å². The van der Waals surface area contributed by atoms with Gasteiger partial charge >= 0.3 is 0 Å². The number of hydrogen-bond acceptors (Lipinski definition) is 3. The maximum absolute atomic E-state index is 11.8. The van der Waals surface area contributed by atoms with Crippen molar-refractivity contribution in [3.05, 3.63) is 29.3 Å². The van der Waals surface area contributed by atoms with Crippen LogP contribution in [0.25, 0.3) is 0 Å². The van der Waals surface area contributed by atoms with E-state index in [1.54, 1.807) is 24.3 Å². The minimum Gasteiger partial charge on any atom is -0.314 e. The Morgan fingerprint density at radius 1 is 1.21 bits per heavy atom. The molecule has 0 unspecified atom stereocenters. The first kappa shape index (κ1) is 9.96. The van der Waals surface area contributed by atoms with E-state index in [1.807, 2.05) is 0 Å². The standard InChI is InChI=1S/C9H10ClNO2S/c10-7-1-3-8(4-2-7)14(12,13)9-5-11-6-9/h1-4,9,11H,5-6H2. The van der Waals surface area contributed by atoms with Gasteiger partial charge in [0.05, 0.1) is 10.1 Å². The highest BCUT2D eigenvalue weighted by atomic mass is 35.5. The van der Waals surface area contributed by atoms with Gasteiger partial charge in [-0.15, -0.1) is 0 Å². The number of halogens is 1. The van der Waals surface area contributed by atoms with Crippen molar-refractivity contribution in [1.29, 1.82) is 0 Å². The maximum Gasteiger partial charge on any atom is 0.183 e. The van der Waals surface area contributed by atoms with E-state index in [2.05, 4.69) is 5.32 Å². The lowest BCUT2D eigenvalue weighted by Gasteiger charge is -2.26. The molecule has 3 nitrogen and oxygen atoms in total. The van der Waals surface area contributed by atoms with Crippen molar-refractivity contribution in [3.63, 3.8) is 0 Å². The van der Waals surface area contributed by atoms with Gasteiger partial charge in [-0.1, -0.05) is 11.6 Å². The van der Waals surface area contributed by atoms with Crippen molar-refractivity contribution in [2.45, 2.75) is 10.1 Å². The molecule has 1 saturated heterocycles. The zero-order valence-electron chi connectivity index (χ0n) is 7.40. The highest BCUT2D eigenvalue weighted by Crippen LogP contribution is 2.20. The molecule has 1 heterocycles. The number of sulfone groups is 1. The van der Waals surface area contributed by atoms with Crippen molar-refractivity contribution >= 4 is 21.4 Å². The second-order valence-electron chi connectivity index (χ2n) is 3.28. The summed E-state index contributed by atoms with van der Waals surface area (Å²) in [4.78, 5) is 0.355. The summed E-state index contributed by atoms with van der Waals surface area (Å²) in [6.45, 7) is 1.09. The average molecular weight is 232 g/mol. The molecular weight excluding hydrogens is 222 g/mol. The van der Waals surface area contributed by atoms with Crippen LogP contribution in [0.5, 0.6) is 0 Å². The van der Waals surface area contributed by atoms with Gasteiger partial charge in [0.1, 0.15) is 0 Å².